The molecule has 1 amide bonds. The molecule has 210 valence electrons. The van der Waals surface area contributed by atoms with Gasteiger partial charge in [-0.3, -0.25) is 4.79 Å². The van der Waals surface area contributed by atoms with E-state index in [2.05, 4.69) is 33.1 Å². The summed E-state index contributed by atoms with van der Waals surface area (Å²) in [7, 11) is 0. The summed E-state index contributed by atoms with van der Waals surface area (Å²) in [5, 5.41) is 5.01. The van der Waals surface area contributed by atoms with Gasteiger partial charge in [-0.25, -0.2) is 10.4 Å². The number of aromatic nitrogens is 1. The Kier molecular flexibility index (Phi) is 8.18. The fourth-order valence-electron chi connectivity index (χ4n) is 4.60. The van der Waals surface area contributed by atoms with Gasteiger partial charge in [0.2, 0.25) is 6.79 Å². The van der Waals surface area contributed by atoms with Crippen LogP contribution in [0.3, 0.4) is 0 Å². The van der Waals surface area contributed by atoms with Crippen LogP contribution in [0.2, 0.25) is 0 Å². The van der Waals surface area contributed by atoms with Gasteiger partial charge in [-0.1, -0.05) is 54.6 Å². The number of ether oxygens (including phenoxy) is 4. The zero-order valence-electron chi connectivity index (χ0n) is 22.7. The first kappa shape index (κ1) is 27.5. The molecule has 0 saturated carbocycles. The minimum Gasteiger partial charge on any atom is -0.490 e. The third-order valence-corrected chi connectivity index (χ3v) is 7.36. The molecule has 5 aromatic rings. The van der Waals surface area contributed by atoms with Crippen molar-refractivity contribution in [3.63, 3.8) is 0 Å². The van der Waals surface area contributed by atoms with Gasteiger partial charge in [-0.05, 0) is 77.0 Å². The summed E-state index contributed by atoms with van der Waals surface area (Å²) in [4.78, 5) is 18.1. The molecule has 9 heteroatoms. The van der Waals surface area contributed by atoms with Crippen LogP contribution in [0, 0.1) is 3.57 Å². The van der Waals surface area contributed by atoms with Gasteiger partial charge in [-0.15, -0.1) is 0 Å². The number of pyridine rings is 1. The van der Waals surface area contributed by atoms with Crippen molar-refractivity contribution in [3.8, 4) is 34.3 Å². The van der Waals surface area contributed by atoms with Crippen LogP contribution < -0.4 is 24.4 Å². The molecular formula is C33H26IN3O5. The van der Waals surface area contributed by atoms with Crippen molar-refractivity contribution in [1.82, 2.24) is 10.4 Å². The van der Waals surface area contributed by atoms with E-state index in [1.165, 1.54) is 0 Å². The lowest BCUT2D eigenvalue weighted by Gasteiger charge is -2.15. The molecule has 0 radical (unpaired) electrons. The smallest absolute Gasteiger partial charge is 0.272 e. The van der Waals surface area contributed by atoms with E-state index in [0.29, 0.717) is 36.0 Å². The van der Waals surface area contributed by atoms with Crippen LogP contribution in [0.4, 0.5) is 0 Å². The third kappa shape index (κ3) is 6.01. The number of hydrogen-bond acceptors (Lipinski definition) is 7. The first-order valence-corrected chi connectivity index (χ1v) is 14.4. The average molecular weight is 671 g/mol. The highest BCUT2D eigenvalue weighted by atomic mass is 127. The average Bonchev–Trinajstić information content (AvgIpc) is 3.49. The number of halogens is 1. The summed E-state index contributed by atoms with van der Waals surface area (Å²) >= 11 is 2.21. The second-order valence-corrected chi connectivity index (χ2v) is 10.5. The Hall–Kier alpha value is -4.64. The quantitative estimate of drug-likeness (QED) is 0.103. The lowest BCUT2D eigenvalue weighted by Crippen LogP contribution is -2.18. The van der Waals surface area contributed by atoms with Gasteiger partial charge in [0, 0.05) is 10.9 Å². The van der Waals surface area contributed by atoms with Crippen molar-refractivity contribution in [2.75, 3.05) is 13.4 Å². The van der Waals surface area contributed by atoms with Crippen molar-refractivity contribution in [2.45, 2.75) is 13.5 Å². The van der Waals surface area contributed by atoms with Gasteiger partial charge in [0.05, 0.1) is 33.2 Å². The van der Waals surface area contributed by atoms with Gasteiger partial charge < -0.3 is 18.9 Å². The first-order chi connectivity index (χ1) is 20.6. The summed E-state index contributed by atoms with van der Waals surface area (Å²) in [6.07, 6.45) is 1.59. The SMILES string of the molecule is CCOc1cc(/C=N/NC(=O)c2cc(-c3ccccc3)nc3ccccc23)cc(I)c1OCc1ccc2c(c1)OCO2. The molecule has 0 bridgehead atoms. The monoisotopic (exact) mass is 671 g/mol. The van der Waals surface area contributed by atoms with Gasteiger partial charge in [-0.2, -0.15) is 5.10 Å². The Morgan fingerprint density at radius 3 is 2.64 bits per heavy atom. The predicted octanol–water partition coefficient (Wildman–Crippen LogP) is 6.98. The third-order valence-electron chi connectivity index (χ3n) is 6.56. The van der Waals surface area contributed by atoms with Crippen LogP contribution in [0.25, 0.3) is 22.2 Å². The minimum absolute atomic E-state index is 0.226. The van der Waals surface area contributed by atoms with E-state index in [-0.39, 0.29) is 12.7 Å². The molecule has 1 aromatic heterocycles. The van der Waals surface area contributed by atoms with E-state index in [4.69, 9.17) is 23.9 Å². The summed E-state index contributed by atoms with van der Waals surface area (Å²) in [5.74, 6) is 2.33. The fourth-order valence-corrected chi connectivity index (χ4v) is 5.38. The molecular weight excluding hydrogens is 645 g/mol. The number of carbonyl (C=O) groups excluding carboxylic acids is 1. The number of amides is 1. The van der Waals surface area contributed by atoms with E-state index in [9.17, 15) is 4.79 Å². The first-order valence-electron chi connectivity index (χ1n) is 13.4. The van der Waals surface area contributed by atoms with Crippen molar-refractivity contribution in [2.24, 2.45) is 5.10 Å². The second-order valence-electron chi connectivity index (χ2n) is 9.38. The van der Waals surface area contributed by atoms with Crippen LogP contribution in [-0.2, 0) is 6.61 Å². The van der Waals surface area contributed by atoms with E-state index in [0.717, 1.165) is 42.6 Å². The van der Waals surface area contributed by atoms with Crippen LogP contribution in [0.1, 0.15) is 28.4 Å². The van der Waals surface area contributed by atoms with Gasteiger partial charge >= 0.3 is 0 Å². The van der Waals surface area contributed by atoms with Crippen LogP contribution in [-0.4, -0.2) is 30.5 Å². The van der Waals surface area contributed by atoms with Gasteiger partial charge in [0.15, 0.2) is 23.0 Å². The van der Waals surface area contributed by atoms with Crippen molar-refractivity contribution >= 4 is 45.6 Å². The Labute approximate surface area is 256 Å². The molecule has 0 atom stereocenters. The standard InChI is InChI=1S/C33H26IN3O5/c1-2-39-31-16-22(14-26(34)32(31)40-19-21-12-13-29-30(15-21)42-20-41-29)18-35-37-33(38)25-17-28(23-8-4-3-5-9-23)36-27-11-7-6-10-24(25)27/h3-18H,2,19-20H2,1H3,(H,37,38)/b35-18+. The lowest BCUT2D eigenvalue weighted by atomic mass is 10.0. The molecule has 0 aliphatic carbocycles. The molecule has 0 spiro atoms. The number of para-hydroxylation sites is 1. The molecule has 1 aliphatic rings. The maximum atomic E-state index is 13.3. The Morgan fingerprint density at radius 1 is 0.976 bits per heavy atom. The molecule has 0 saturated heterocycles. The largest absolute Gasteiger partial charge is 0.490 e. The maximum Gasteiger partial charge on any atom is 0.272 e. The number of nitrogens with one attached hydrogen (secondary N) is 1. The molecule has 8 nitrogen and oxygen atoms in total. The Bertz CT molecular complexity index is 1790. The molecule has 1 N–H and O–H groups in total. The number of carbonyl (C=O) groups is 1. The van der Waals surface area contributed by atoms with Crippen LogP contribution in [0.5, 0.6) is 23.0 Å². The molecule has 6 rings (SSSR count). The molecule has 42 heavy (non-hydrogen) atoms. The molecule has 1 aliphatic heterocycles. The topological polar surface area (TPSA) is 91.3 Å². The molecule has 2 heterocycles. The van der Waals surface area contributed by atoms with Crippen molar-refractivity contribution in [1.29, 1.82) is 0 Å². The Morgan fingerprint density at radius 2 is 1.79 bits per heavy atom. The van der Waals surface area contributed by atoms with E-state index in [1.54, 1.807) is 12.3 Å². The highest BCUT2D eigenvalue weighted by Crippen LogP contribution is 2.36. The van der Waals surface area contributed by atoms with Crippen molar-refractivity contribution in [3.05, 3.63) is 111 Å². The van der Waals surface area contributed by atoms with E-state index < -0.39 is 0 Å². The normalized spacial score (nSPS) is 12.0. The summed E-state index contributed by atoms with van der Waals surface area (Å²) in [6, 6.07) is 28.6. The maximum absolute atomic E-state index is 13.3. The Balaban J connectivity index is 1.20. The highest BCUT2D eigenvalue weighted by molar-refractivity contribution is 14.1. The van der Waals surface area contributed by atoms with E-state index in [1.807, 2.05) is 91.9 Å². The summed E-state index contributed by atoms with van der Waals surface area (Å²) in [5.41, 5.74) is 7.26. The minimum atomic E-state index is -0.328. The molecule has 4 aromatic carbocycles. The predicted molar refractivity (Wildman–Crippen MR) is 169 cm³/mol. The number of benzene rings is 4. The second kappa shape index (κ2) is 12.5. The number of rotatable bonds is 9. The number of hydrazone groups is 1. The van der Waals surface area contributed by atoms with Gasteiger partial charge in [0.1, 0.15) is 6.61 Å². The molecule has 0 fully saturated rings. The summed E-state index contributed by atoms with van der Waals surface area (Å²) < 4.78 is 23.8. The van der Waals surface area contributed by atoms with Crippen molar-refractivity contribution < 1.29 is 23.7 Å². The number of fused-ring (bicyclic) bond motifs is 2. The highest BCUT2D eigenvalue weighted by Gasteiger charge is 2.17. The molecule has 0 unspecified atom stereocenters. The van der Waals surface area contributed by atoms with Gasteiger partial charge in [0.25, 0.3) is 5.91 Å². The fraction of sp³-hybridized carbons (Fsp3) is 0.121. The number of nitrogens with zero attached hydrogens (tertiary/aromatic N) is 2. The zero-order chi connectivity index (χ0) is 28.9. The zero-order valence-corrected chi connectivity index (χ0v) is 24.8. The van der Waals surface area contributed by atoms with Crippen LogP contribution >= 0.6 is 22.6 Å². The lowest BCUT2D eigenvalue weighted by molar-refractivity contribution is 0.0956. The summed E-state index contributed by atoms with van der Waals surface area (Å²) in [6.45, 7) is 2.94. The van der Waals surface area contributed by atoms with E-state index >= 15 is 0 Å². The van der Waals surface area contributed by atoms with Crippen LogP contribution in [0.15, 0.2) is 96.1 Å². The number of hydrogen-bond donors (Lipinski definition) is 1.